The summed E-state index contributed by atoms with van der Waals surface area (Å²) in [6.45, 7) is 1.92. The number of thiazole rings is 1. The molecule has 1 unspecified atom stereocenters. The van der Waals surface area contributed by atoms with Crippen molar-refractivity contribution in [2.45, 2.75) is 19.4 Å². The smallest absolute Gasteiger partial charge is 0.226 e. The third-order valence-corrected chi connectivity index (χ3v) is 4.54. The maximum absolute atomic E-state index is 12.3. The van der Waals surface area contributed by atoms with Gasteiger partial charge in [0.05, 0.1) is 32.4 Å². The van der Waals surface area contributed by atoms with Crippen LogP contribution in [0.15, 0.2) is 36.0 Å². The molecule has 0 spiro atoms. The van der Waals surface area contributed by atoms with Crippen LogP contribution < -0.4 is 14.8 Å². The quantitative estimate of drug-likeness (QED) is 0.746. The Morgan fingerprint density at radius 3 is 2.92 bits per heavy atom. The molecule has 1 N–H and O–H groups in total. The average molecular weight is 345 g/mol. The lowest BCUT2D eigenvalue weighted by Crippen LogP contribution is -2.28. The molecule has 2 aromatic heterocycles. The first-order valence-electron chi connectivity index (χ1n) is 7.53. The summed E-state index contributed by atoms with van der Waals surface area (Å²) in [4.78, 5) is 17.6. The molecular weight excluding hydrogens is 326 g/mol. The highest BCUT2D eigenvalue weighted by atomic mass is 32.1. The number of amides is 1. The highest BCUT2D eigenvalue weighted by molar-refractivity contribution is 7.15. The van der Waals surface area contributed by atoms with Crippen LogP contribution in [0, 0.1) is 0 Å². The van der Waals surface area contributed by atoms with E-state index in [-0.39, 0.29) is 18.4 Å². The molecule has 1 amide bonds. The van der Waals surface area contributed by atoms with E-state index < -0.39 is 0 Å². The van der Waals surface area contributed by atoms with Gasteiger partial charge >= 0.3 is 0 Å². The molecule has 0 radical (unpaired) electrons. The van der Waals surface area contributed by atoms with Gasteiger partial charge in [0.1, 0.15) is 11.5 Å². The van der Waals surface area contributed by atoms with E-state index in [4.69, 9.17) is 9.47 Å². The first-order valence-corrected chi connectivity index (χ1v) is 8.41. The van der Waals surface area contributed by atoms with E-state index in [0.717, 1.165) is 16.2 Å². The molecule has 3 aromatic rings. The summed E-state index contributed by atoms with van der Waals surface area (Å²) in [5.74, 6) is 1.32. The van der Waals surface area contributed by atoms with Gasteiger partial charge in [-0.1, -0.05) is 0 Å². The molecule has 0 bridgehead atoms. The van der Waals surface area contributed by atoms with Crippen LogP contribution in [0.1, 0.15) is 24.2 Å². The largest absolute Gasteiger partial charge is 0.497 e. The molecule has 3 rings (SSSR count). The van der Waals surface area contributed by atoms with Crippen molar-refractivity contribution in [3.63, 3.8) is 0 Å². The zero-order valence-corrected chi connectivity index (χ0v) is 14.6. The molecule has 0 saturated carbocycles. The number of imidazole rings is 1. The Kier molecular flexibility index (Phi) is 4.71. The fourth-order valence-electron chi connectivity index (χ4n) is 2.57. The molecular formula is C17H19N3O3S. The number of fused-ring (bicyclic) bond motifs is 1. The Bertz CT molecular complexity index is 827. The van der Waals surface area contributed by atoms with Gasteiger partial charge in [0.15, 0.2) is 4.96 Å². The molecule has 2 heterocycles. The molecule has 1 aromatic carbocycles. The van der Waals surface area contributed by atoms with Gasteiger partial charge in [0, 0.05) is 29.4 Å². The van der Waals surface area contributed by atoms with E-state index >= 15 is 0 Å². The number of benzene rings is 1. The normalized spacial score (nSPS) is 12.1. The number of carbonyl (C=O) groups is 1. The van der Waals surface area contributed by atoms with Gasteiger partial charge in [-0.15, -0.1) is 11.3 Å². The topological polar surface area (TPSA) is 64.9 Å². The number of methoxy groups -OCH3 is 2. The number of rotatable bonds is 6. The minimum Gasteiger partial charge on any atom is -0.497 e. The number of ether oxygens (including phenoxy) is 2. The van der Waals surface area contributed by atoms with Crippen LogP contribution in [-0.4, -0.2) is 29.5 Å². The second-order valence-corrected chi connectivity index (χ2v) is 6.27. The van der Waals surface area contributed by atoms with Crippen LogP contribution in [0.5, 0.6) is 11.5 Å². The number of hydrogen-bond acceptors (Lipinski definition) is 5. The predicted octanol–water partition coefficient (Wildman–Crippen LogP) is 2.83. The van der Waals surface area contributed by atoms with Crippen molar-refractivity contribution in [3.05, 3.63) is 47.2 Å². The molecule has 126 valence electrons. The predicted molar refractivity (Wildman–Crippen MR) is 92.9 cm³/mol. The zero-order chi connectivity index (χ0) is 17.1. The number of nitrogens with zero attached hydrogens (tertiary/aromatic N) is 2. The Hall–Kier alpha value is -2.54. The van der Waals surface area contributed by atoms with Gasteiger partial charge < -0.3 is 14.8 Å². The van der Waals surface area contributed by atoms with Gasteiger partial charge in [-0.3, -0.25) is 9.20 Å². The Morgan fingerprint density at radius 1 is 1.38 bits per heavy atom. The van der Waals surface area contributed by atoms with Crippen LogP contribution in [0.2, 0.25) is 0 Å². The van der Waals surface area contributed by atoms with Crippen LogP contribution in [-0.2, 0) is 11.2 Å². The van der Waals surface area contributed by atoms with Gasteiger partial charge in [-0.2, -0.15) is 0 Å². The van der Waals surface area contributed by atoms with Crippen molar-refractivity contribution < 1.29 is 14.3 Å². The van der Waals surface area contributed by atoms with Crippen molar-refractivity contribution in [1.29, 1.82) is 0 Å². The molecule has 7 heteroatoms. The number of carbonyl (C=O) groups excluding carboxylic acids is 1. The lowest BCUT2D eigenvalue weighted by Gasteiger charge is -2.17. The van der Waals surface area contributed by atoms with E-state index in [1.54, 1.807) is 25.6 Å². The SMILES string of the molecule is COc1ccc(C(C)NC(=O)Cc2cn3ccsc3n2)c(OC)c1. The molecule has 24 heavy (non-hydrogen) atoms. The Labute approximate surface area is 144 Å². The molecule has 6 nitrogen and oxygen atoms in total. The first-order chi connectivity index (χ1) is 11.6. The van der Waals surface area contributed by atoms with Crippen molar-refractivity contribution in [3.8, 4) is 11.5 Å². The van der Waals surface area contributed by atoms with E-state index in [9.17, 15) is 4.79 Å². The van der Waals surface area contributed by atoms with E-state index in [2.05, 4.69) is 10.3 Å². The highest BCUT2D eigenvalue weighted by Gasteiger charge is 2.16. The lowest BCUT2D eigenvalue weighted by molar-refractivity contribution is -0.121. The first kappa shape index (κ1) is 16.3. The van der Waals surface area contributed by atoms with Gasteiger partial charge in [0.25, 0.3) is 0 Å². The molecule has 0 aliphatic heterocycles. The molecule has 0 aliphatic carbocycles. The Morgan fingerprint density at radius 2 is 2.21 bits per heavy atom. The summed E-state index contributed by atoms with van der Waals surface area (Å²) in [6.07, 6.45) is 4.06. The lowest BCUT2D eigenvalue weighted by atomic mass is 10.1. The van der Waals surface area contributed by atoms with Crippen LogP contribution >= 0.6 is 11.3 Å². The highest BCUT2D eigenvalue weighted by Crippen LogP contribution is 2.29. The van der Waals surface area contributed by atoms with Gasteiger partial charge in [0.2, 0.25) is 5.91 Å². The third kappa shape index (κ3) is 3.35. The summed E-state index contributed by atoms with van der Waals surface area (Å²) in [7, 11) is 3.21. The van der Waals surface area contributed by atoms with Crippen LogP contribution in [0.4, 0.5) is 0 Å². The third-order valence-electron chi connectivity index (χ3n) is 3.77. The fraction of sp³-hybridized carbons (Fsp3) is 0.294. The minimum absolute atomic E-state index is 0.0777. The maximum Gasteiger partial charge on any atom is 0.226 e. The summed E-state index contributed by atoms with van der Waals surface area (Å²) in [5.41, 5.74) is 1.66. The van der Waals surface area contributed by atoms with Crippen molar-refractivity contribution in [1.82, 2.24) is 14.7 Å². The van der Waals surface area contributed by atoms with E-state index in [1.165, 1.54) is 0 Å². The van der Waals surface area contributed by atoms with Crippen molar-refractivity contribution in [2.24, 2.45) is 0 Å². The van der Waals surface area contributed by atoms with E-state index in [1.807, 2.05) is 47.3 Å². The van der Waals surface area contributed by atoms with Crippen LogP contribution in [0.3, 0.4) is 0 Å². The van der Waals surface area contributed by atoms with Crippen molar-refractivity contribution in [2.75, 3.05) is 14.2 Å². The average Bonchev–Trinajstić information content (AvgIpc) is 3.15. The van der Waals surface area contributed by atoms with Crippen molar-refractivity contribution >= 4 is 22.2 Å². The summed E-state index contributed by atoms with van der Waals surface area (Å²) in [5, 5.41) is 4.95. The summed E-state index contributed by atoms with van der Waals surface area (Å²) >= 11 is 1.55. The second-order valence-electron chi connectivity index (χ2n) is 5.40. The summed E-state index contributed by atoms with van der Waals surface area (Å²) < 4.78 is 12.5. The molecule has 0 fully saturated rings. The minimum atomic E-state index is -0.179. The Balaban J connectivity index is 1.68. The maximum atomic E-state index is 12.3. The van der Waals surface area contributed by atoms with Gasteiger partial charge in [-0.05, 0) is 19.1 Å². The van der Waals surface area contributed by atoms with Gasteiger partial charge in [-0.25, -0.2) is 4.98 Å². The molecule has 1 atom stereocenters. The standard InChI is InChI=1S/C17H19N3O3S/c1-11(14-5-4-13(22-2)9-15(14)23-3)18-16(21)8-12-10-20-6-7-24-17(20)19-12/h4-7,9-11H,8H2,1-3H3,(H,18,21). The fourth-order valence-corrected chi connectivity index (χ4v) is 3.29. The second kappa shape index (κ2) is 6.92. The summed E-state index contributed by atoms with van der Waals surface area (Å²) in [6, 6.07) is 5.38. The van der Waals surface area contributed by atoms with Crippen LogP contribution in [0.25, 0.3) is 4.96 Å². The number of nitrogens with one attached hydrogen (secondary N) is 1. The molecule has 0 aliphatic rings. The zero-order valence-electron chi connectivity index (χ0n) is 13.8. The number of aromatic nitrogens is 2. The van der Waals surface area contributed by atoms with E-state index in [0.29, 0.717) is 11.5 Å². The monoisotopic (exact) mass is 345 g/mol. The molecule has 0 saturated heterocycles. The number of hydrogen-bond donors (Lipinski definition) is 1.